The van der Waals surface area contributed by atoms with Gasteiger partial charge < -0.3 is 14.1 Å². The maximum atomic E-state index is 12.9. The molecular formula is C22H18F3NO4. The number of alkyl halides is 3. The van der Waals surface area contributed by atoms with Crippen LogP contribution < -0.4 is 0 Å². The zero-order chi connectivity index (χ0) is 21.9. The molecule has 0 spiro atoms. The fraction of sp³-hybridized carbons (Fsp3) is 0.182. The number of carbonyl (C=O) groups excluding carboxylic acids is 2. The van der Waals surface area contributed by atoms with E-state index < -0.39 is 23.6 Å². The number of carbonyl (C=O) groups is 2. The highest BCUT2D eigenvalue weighted by Crippen LogP contribution is 2.32. The van der Waals surface area contributed by atoms with Crippen molar-refractivity contribution in [3.05, 3.63) is 83.1 Å². The lowest BCUT2D eigenvalue weighted by Gasteiger charge is -2.16. The number of hydrogen-bond donors (Lipinski definition) is 0. The molecule has 0 saturated heterocycles. The van der Waals surface area contributed by atoms with Gasteiger partial charge in [-0.25, -0.2) is 4.79 Å². The van der Waals surface area contributed by atoms with Crippen molar-refractivity contribution in [3.63, 3.8) is 0 Å². The summed E-state index contributed by atoms with van der Waals surface area (Å²) in [7, 11) is 2.86. The topological polar surface area (TPSA) is 59.8 Å². The third-order valence-electron chi connectivity index (χ3n) is 4.43. The molecule has 2 aromatic carbocycles. The Kier molecular flexibility index (Phi) is 5.96. The van der Waals surface area contributed by atoms with E-state index in [9.17, 15) is 22.8 Å². The van der Waals surface area contributed by atoms with Crippen molar-refractivity contribution in [2.45, 2.75) is 12.7 Å². The van der Waals surface area contributed by atoms with E-state index >= 15 is 0 Å². The standard InChI is InChI=1S/C22H18F3NO4/c1-26(13-14-6-8-15(9-7-14)21(28)29-2)20(27)19-11-10-18(30-19)16-4-3-5-17(12-16)22(23,24)25/h3-12H,13H2,1-2H3. The van der Waals surface area contributed by atoms with Crippen molar-refractivity contribution in [3.8, 4) is 11.3 Å². The van der Waals surface area contributed by atoms with E-state index in [1.165, 1.54) is 36.3 Å². The predicted molar refractivity (Wildman–Crippen MR) is 103 cm³/mol. The SMILES string of the molecule is COC(=O)c1ccc(CN(C)C(=O)c2ccc(-c3cccc(C(F)(F)F)c3)o2)cc1. The third kappa shape index (κ3) is 4.71. The summed E-state index contributed by atoms with van der Waals surface area (Å²) < 4.78 is 48.8. The molecule has 0 aliphatic carbocycles. The molecule has 0 aliphatic heterocycles. The molecule has 30 heavy (non-hydrogen) atoms. The highest BCUT2D eigenvalue weighted by atomic mass is 19.4. The molecule has 8 heteroatoms. The number of ether oxygens (including phenoxy) is 1. The molecule has 1 heterocycles. The summed E-state index contributed by atoms with van der Waals surface area (Å²) in [6.07, 6.45) is -4.47. The van der Waals surface area contributed by atoms with Crippen LogP contribution in [0.3, 0.4) is 0 Å². The lowest BCUT2D eigenvalue weighted by atomic mass is 10.1. The van der Waals surface area contributed by atoms with Gasteiger partial charge in [0, 0.05) is 19.2 Å². The molecule has 0 fully saturated rings. The fourth-order valence-electron chi connectivity index (χ4n) is 2.85. The van der Waals surface area contributed by atoms with Crippen LogP contribution >= 0.6 is 0 Å². The molecule has 5 nitrogen and oxygen atoms in total. The largest absolute Gasteiger partial charge is 0.465 e. The van der Waals surface area contributed by atoms with Gasteiger partial charge in [0.2, 0.25) is 0 Å². The summed E-state index contributed by atoms with van der Waals surface area (Å²) in [4.78, 5) is 25.5. The highest BCUT2D eigenvalue weighted by Gasteiger charge is 2.30. The van der Waals surface area contributed by atoms with Crippen LogP contribution in [0.15, 0.2) is 65.1 Å². The maximum absolute atomic E-state index is 12.9. The van der Waals surface area contributed by atoms with Crippen molar-refractivity contribution in [1.29, 1.82) is 0 Å². The molecule has 0 radical (unpaired) electrons. The molecule has 0 N–H and O–H groups in total. The first kappa shape index (κ1) is 21.2. The summed E-state index contributed by atoms with van der Waals surface area (Å²) in [5, 5.41) is 0. The molecule has 0 saturated carbocycles. The second kappa shape index (κ2) is 8.44. The Labute approximate surface area is 170 Å². The smallest absolute Gasteiger partial charge is 0.416 e. The predicted octanol–water partition coefficient (Wildman–Crippen LogP) is 5.02. The highest BCUT2D eigenvalue weighted by molar-refractivity contribution is 5.92. The van der Waals surface area contributed by atoms with Crippen molar-refractivity contribution >= 4 is 11.9 Å². The molecular weight excluding hydrogens is 399 g/mol. The van der Waals surface area contributed by atoms with Gasteiger partial charge in [-0.05, 0) is 42.0 Å². The fourth-order valence-corrected chi connectivity index (χ4v) is 2.85. The summed E-state index contributed by atoms with van der Waals surface area (Å²) >= 11 is 0. The summed E-state index contributed by atoms with van der Waals surface area (Å²) in [6.45, 7) is 0.250. The van der Waals surface area contributed by atoms with E-state index in [0.717, 1.165) is 17.7 Å². The molecule has 0 unspecified atom stereocenters. The normalized spacial score (nSPS) is 11.2. The average Bonchev–Trinajstić information content (AvgIpc) is 3.23. The Balaban J connectivity index is 1.72. The molecule has 3 aromatic rings. The molecule has 1 aromatic heterocycles. The first-order valence-corrected chi connectivity index (χ1v) is 8.89. The van der Waals surface area contributed by atoms with Crippen LogP contribution in [0.5, 0.6) is 0 Å². The van der Waals surface area contributed by atoms with Gasteiger partial charge in [0.05, 0.1) is 18.2 Å². The first-order valence-electron chi connectivity index (χ1n) is 8.89. The maximum Gasteiger partial charge on any atom is 0.416 e. The van der Waals surface area contributed by atoms with Gasteiger partial charge in [0.25, 0.3) is 5.91 Å². The minimum absolute atomic E-state index is 0.0103. The van der Waals surface area contributed by atoms with E-state index in [-0.39, 0.29) is 23.6 Å². The number of benzene rings is 2. The quantitative estimate of drug-likeness (QED) is 0.547. The Morgan fingerprint density at radius 3 is 2.37 bits per heavy atom. The number of rotatable bonds is 5. The average molecular weight is 417 g/mol. The van der Waals surface area contributed by atoms with Crippen molar-refractivity contribution < 1.29 is 31.9 Å². The Hall–Kier alpha value is -3.55. The van der Waals surface area contributed by atoms with Gasteiger partial charge in [0.1, 0.15) is 5.76 Å². The zero-order valence-electron chi connectivity index (χ0n) is 16.2. The van der Waals surface area contributed by atoms with Gasteiger partial charge >= 0.3 is 12.1 Å². The van der Waals surface area contributed by atoms with Crippen molar-refractivity contribution in [2.24, 2.45) is 0 Å². The van der Waals surface area contributed by atoms with E-state index in [1.54, 1.807) is 31.3 Å². The number of furan rings is 1. The van der Waals surface area contributed by atoms with Crippen LogP contribution in [-0.4, -0.2) is 30.9 Å². The van der Waals surface area contributed by atoms with Gasteiger partial charge in [-0.2, -0.15) is 13.2 Å². The third-order valence-corrected chi connectivity index (χ3v) is 4.43. The monoisotopic (exact) mass is 417 g/mol. The van der Waals surface area contributed by atoms with Crippen LogP contribution in [0, 0.1) is 0 Å². The number of halogens is 3. The van der Waals surface area contributed by atoms with E-state index in [0.29, 0.717) is 5.56 Å². The first-order chi connectivity index (χ1) is 14.2. The number of nitrogens with zero attached hydrogens (tertiary/aromatic N) is 1. The molecule has 0 aliphatic rings. The molecule has 1 amide bonds. The zero-order valence-corrected chi connectivity index (χ0v) is 16.2. The number of amides is 1. The van der Waals surface area contributed by atoms with Crippen LogP contribution in [0.2, 0.25) is 0 Å². The van der Waals surface area contributed by atoms with Crippen LogP contribution in [0.25, 0.3) is 11.3 Å². The number of hydrogen-bond acceptors (Lipinski definition) is 4. The van der Waals surface area contributed by atoms with Gasteiger partial charge in [0.15, 0.2) is 5.76 Å². The van der Waals surface area contributed by atoms with Gasteiger partial charge in [-0.1, -0.05) is 24.3 Å². The van der Waals surface area contributed by atoms with Gasteiger partial charge in [-0.15, -0.1) is 0 Å². The number of esters is 1. The Morgan fingerprint density at radius 1 is 1.03 bits per heavy atom. The minimum Gasteiger partial charge on any atom is -0.465 e. The summed E-state index contributed by atoms with van der Waals surface area (Å²) in [6, 6.07) is 14.2. The van der Waals surface area contributed by atoms with Crippen molar-refractivity contribution in [2.75, 3.05) is 14.2 Å². The van der Waals surface area contributed by atoms with Crippen molar-refractivity contribution in [1.82, 2.24) is 4.90 Å². The minimum atomic E-state index is -4.47. The second-order valence-corrected chi connectivity index (χ2v) is 6.59. The van der Waals surface area contributed by atoms with Crippen LogP contribution in [-0.2, 0) is 17.5 Å². The van der Waals surface area contributed by atoms with Crippen LogP contribution in [0.4, 0.5) is 13.2 Å². The molecule has 0 atom stereocenters. The Morgan fingerprint density at radius 2 is 1.73 bits per heavy atom. The lowest BCUT2D eigenvalue weighted by molar-refractivity contribution is -0.137. The van der Waals surface area contributed by atoms with Gasteiger partial charge in [-0.3, -0.25) is 4.79 Å². The molecule has 0 bridgehead atoms. The summed E-state index contributed by atoms with van der Waals surface area (Å²) in [5.74, 6) is -0.703. The summed E-state index contributed by atoms with van der Waals surface area (Å²) in [5.41, 5.74) is 0.608. The molecule has 156 valence electrons. The molecule has 3 rings (SSSR count). The van der Waals surface area contributed by atoms with Crippen LogP contribution in [0.1, 0.15) is 32.0 Å². The second-order valence-electron chi connectivity index (χ2n) is 6.59. The number of methoxy groups -OCH3 is 1. The van der Waals surface area contributed by atoms with E-state index in [2.05, 4.69) is 4.74 Å². The lowest BCUT2D eigenvalue weighted by Crippen LogP contribution is -2.25. The van der Waals surface area contributed by atoms with E-state index in [4.69, 9.17) is 4.42 Å². The Bertz CT molecular complexity index is 1050. The van der Waals surface area contributed by atoms with E-state index in [1.807, 2.05) is 0 Å².